The molecule has 8 nitrogen and oxygen atoms in total. The summed E-state index contributed by atoms with van der Waals surface area (Å²) in [5.74, 6) is 0.179. The van der Waals surface area contributed by atoms with E-state index >= 15 is 0 Å². The van der Waals surface area contributed by atoms with Crippen molar-refractivity contribution in [2.45, 2.75) is 39.2 Å². The van der Waals surface area contributed by atoms with Crippen LogP contribution in [0.1, 0.15) is 42.2 Å². The molecule has 0 N–H and O–H groups in total. The molecule has 2 amide bonds. The van der Waals surface area contributed by atoms with Gasteiger partial charge in [-0.3, -0.25) is 14.5 Å². The van der Waals surface area contributed by atoms with Gasteiger partial charge in [-0.05, 0) is 39.2 Å². The first-order chi connectivity index (χ1) is 13.5. The summed E-state index contributed by atoms with van der Waals surface area (Å²) in [5.41, 5.74) is 1.99. The van der Waals surface area contributed by atoms with Gasteiger partial charge < -0.3 is 9.80 Å². The number of aromatic nitrogens is 3. The lowest BCUT2D eigenvalue weighted by Crippen LogP contribution is -2.53. The molecule has 0 saturated carbocycles. The molecule has 2 fully saturated rings. The van der Waals surface area contributed by atoms with Crippen LogP contribution in [-0.4, -0.2) is 86.4 Å². The molecule has 1 atom stereocenters. The van der Waals surface area contributed by atoms with Crippen molar-refractivity contribution < 1.29 is 9.59 Å². The smallest absolute Gasteiger partial charge is 0.259 e. The molecular weight excluding hydrogens is 356 g/mol. The van der Waals surface area contributed by atoms with Crippen molar-refractivity contribution in [3.05, 3.63) is 29.7 Å². The van der Waals surface area contributed by atoms with Crippen molar-refractivity contribution in [2.75, 3.05) is 39.3 Å². The van der Waals surface area contributed by atoms with Crippen LogP contribution in [0.15, 0.2) is 18.5 Å². The van der Waals surface area contributed by atoms with Crippen molar-refractivity contribution in [1.82, 2.24) is 29.3 Å². The Bertz CT molecular complexity index is 871. The lowest BCUT2D eigenvalue weighted by molar-refractivity contribution is -0.136. The average molecular weight is 384 g/mol. The fourth-order valence-corrected chi connectivity index (χ4v) is 4.14. The molecule has 28 heavy (non-hydrogen) atoms. The summed E-state index contributed by atoms with van der Waals surface area (Å²) >= 11 is 0. The summed E-state index contributed by atoms with van der Waals surface area (Å²) in [7, 11) is 0. The highest BCUT2D eigenvalue weighted by atomic mass is 16.2. The van der Waals surface area contributed by atoms with Crippen LogP contribution in [0.5, 0.6) is 0 Å². The molecule has 150 valence electrons. The number of aryl methyl sites for hydroxylation is 1. The second-order valence-corrected chi connectivity index (χ2v) is 7.90. The standard InChI is InChI=1S/C20H28N6O2/c1-15-6-8-26-19(22-15)17(13-21-26)20(28)24-11-9-23(10-12-24)14-18(27)25-7-4-3-5-16(25)2/h6,8,13,16H,3-5,7,9-12,14H2,1-2H3. The highest BCUT2D eigenvalue weighted by Gasteiger charge is 2.28. The number of carbonyl (C=O) groups excluding carboxylic acids is 2. The average Bonchev–Trinajstić information content (AvgIpc) is 3.11. The van der Waals surface area contributed by atoms with Gasteiger partial charge in [0.15, 0.2) is 5.65 Å². The number of likely N-dealkylation sites (tertiary alicyclic amines) is 1. The first-order valence-electron chi connectivity index (χ1n) is 10.1. The minimum absolute atomic E-state index is 0.0382. The zero-order chi connectivity index (χ0) is 19.7. The van der Waals surface area contributed by atoms with Crippen LogP contribution >= 0.6 is 0 Å². The lowest BCUT2D eigenvalue weighted by atomic mass is 10.0. The van der Waals surface area contributed by atoms with Crippen molar-refractivity contribution in [2.24, 2.45) is 0 Å². The maximum absolute atomic E-state index is 12.9. The number of carbonyl (C=O) groups is 2. The first kappa shape index (κ1) is 18.9. The second kappa shape index (κ2) is 7.87. The number of nitrogens with zero attached hydrogens (tertiary/aromatic N) is 6. The van der Waals surface area contributed by atoms with Crippen LogP contribution in [0.4, 0.5) is 0 Å². The Morgan fingerprint density at radius 2 is 1.93 bits per heavy atom. The highest BCUT2D eigenvalue weighted by Crippen LogP contribution is 2.17. The van der Waals surface area contributed by atoms with Crippen molar-refractivity contribution >= 4 is 17.5 Å². The van der Waals surface area contributed by atoms with Crippen LogP contribution in [0.25, 0.3) is 5.65 Å². The molecule has 0 radical (unpaired) electrons. The van der Waals surface area contributed by atoms with E-state index in [0.717, 1.165) is 25.1 Å². The fourth-order valence-electron chi connectivity index (χ4n) is 4.14. The number of piperidine rings is 1. The zero-order valence-electron chi connectivity index (χ0n) is 16.7. The second-order valence-electron chi connectivity index (χ2n) is 7.90. The van der Waals surface area contributed by atoms with E-state index in [1.165, 1.54) is 6.42 Å². The molecular formula is C20H28N6O2. The maximum Gasteiger partial charge on any atom is 0.259 e. The minimum atomic E-state index is -0.0382. The third-order valence-electron chi connectivity index (χ3n) is 5.88. The Morgan fingerprint density at radius 3 is 2.68 bits per heavy atom. The molecule has 2 aromatic heterocycles. The Labute approximate surface area is 165 Å². The van der Waals surface area contributed by atoms with Crippen LogP contribution < -0.4 is 0 Å². The van der Waals surface area contributed by atoms with Gasteiger partial charge in [0.1, 0.15) is 5.56 Å². The van der Waals surface area contributed by atoms with Crippen LogP contribution in [0.2, 0.25) is 0 Å². The third-order valence-corrected chi connectivity index (χ3v) is 5.88. The molecule has 8 heteroatoms. The Morgan fingerprint density at radius 1 is 1.14 bits per heavy atom. The largest absolute Gasteiger partial charge is 0.339 e. The Kier molecular flexibility index (Phi) is 5.30. The molecule has 2 aromatic rings. The van der Waals surface area contributed by atoms with Crippen LogP contribution in [-0.2, 0) is 4.79 Å². The molecule has 0 bridgehead atoms. The molecule has 4 rings (SSSR count). The minimum Gasteiger partial charge on any atom is -0.339 e. The van der Waals surface area contributed by atoms with Gasteiger partial charge >= 0.3 is 0 Å². The van der Waals surface area contributed by atoms with Gasteiger partial charge in [0, 0.05) is 50.7 Å². The van der Waals surface area contributed by atoms with Gasteiger partial charge in [-0.2, -0.15) is 5.10 Å². The topological polar surface area (TPSA) is 74.1 Å². The number of hydrogen-bond acceptors (Lipinski definition) is 5. The summed E-state index contributed by atoms with van der Waals surface area (Å²) < 4.78 is 1.63. The molecule has 2 aliphatic heterocycles. The molecule has 2 aliphatic rings. The molecule has 0 aromatic carbocycles. The molecule has 0 aliphatic carbocycles. The molecule has 4 heterocycles. The van der Waals surface area contributed by atoms with Gasteiger partial charge in [0.2, 0.25) is 5.91 Å². The predicted octanol–water partition coefficient (Wildman–Crippen LogP) is 1.20. The van der Waals surface area contributed by atoms with Crippen LogP contribution in [0, 0.1) is 6.92 Å². The SMILES string of the molecule is Cc1ccn2ncc(C(=O)N3CCN(CC(=O)N4CCCCC4C)CC3)c2n1. The van der Waals surface area contributed by atoms with E-state index in [1.54, 1.807) is 10.7 Å². The quantitative estimate of drug-likeness (QED) is 0.795. The number of piperazine rings is 1. The van der Waals surface area contributed by atoms with Crippen molar-refractivity contribution in [3.63, 3.8) is 0 Å². The normalized spacial score (nSPS) is 21.3. The predicted molar refractivity (Wildman–Crippen MR) is 105 cm³/mol. The van der Waals surface area contributed by atoms with Crippen molar-refractivity contribution in [1.29, 1.82) is 0 Å². The van der Waals surface area contributed by atoms with Gasteiger partial charge in [0.25, 0.3) is 5.91 Å². The summed E-state index contributed by atoms with van der Waals surface area (Å²) in [5, 5.41) is 4.23. The maximum atomic E-state index is 12.9. The monoisotopic (exact) mass is 384 g/mol. The number of amides is 2. The van der Waals surface area contributed by atoms with E-state index < -0.39 is 0 Å². The van der Waals surface area contributed by atoms with Gasteiger partial charge in [-0.25, -0.2) is 9.50 Å². The fraction of sp³-hybridized carbons (Fsp3) is 0.600. The highest BCUT2D eigenvalue weighted by molar-refractivity contribution is 5.99. The van der Waals surface area contributed by atoms with Gasteiger partial charge in [-0.1, -0.05) is 0 Å². The van der Waals surface area contributed by atoms with E-state index in [4.69, 9.17) is 0 Å². The molecule has 1 unspecified atom stereocenters. The summed E-state index contributed by atoms with van der Waals surface area (Å²) in [4.78, 5) is 36.1. The summed E-state index contributed by atoms with van der Waals surface area (Å²) in [6.07, 6.45) is 6.83. The first-order valence-corrected chi connectivity index (χ1v) is 10.1. The van der Waals surface area contributed by atoms with Gasteiger partial charge in [-0.15, -0.1) is 0 Å². The lowest BCUT2D eigenvalue weighted by Gasteiger charge is -2.38. The van der Waals surface area contributed by atoms with E-state index in [0.29, 0.717) is 50.0 Å². The number of rotatable bonds is 3. The summed E-state index contributed by atoms with van der Waals surface area (Å²) in [6.45, 7) is 8.02. The number of hydrogen-bond donors (Lipinski definition) is 0. The van der Waals surface area contributed by atoms with Crippen LogP contribution in [0.3, 0.4) is 0 Å². The Hall–Kier alpha value is -2.48. The Balaban J connectivity index is 1.35. The van der Waals surface area contributed by atoms with E-state index in [-0.39, 0.29) is 11.8 Å². The summed E-state index contributed by atoms with van der Waals surface area (Å²) in [6, 6.07) is 2.21. The van der Waals surface area contributed by atoms with E-state index in [2.05, 4.69) is 21.9 Å². The molecule has 0 spiro atoms. The van der Waals surface area contributed by atoms with E-state index in [1.807, 2.05) is 29.0 Å². The van der Waals surface area contributed by atoms with E-state index in [9.17, 15) is 9.59 Å². The zero-order valence-corrected chi connectivity index (χ0v) is 16.7. The number of fused-ring (bicyclic) bond motifs is 1. The van der Waals surface area contributed by atoms with Gasteiger partial charge in [0.05, 0.1) is 12.7 Å². The van der Waals surface area contributed by atoms with Crippen molar-refractivity contribution in [3.8, 4) is 0 Å². The third kappa shape index (κ3) is 3.73. The molecule has 2 saturated heterocycles.